The Hall–Kier alpha value is -0.130. The molecular weight excluding hydrogens is 236 g/mol. The van der Waals surface area contributed by atoms with Crippen LogP contribution < -0.4 is 5.73 Å². The fraction of sp³-hybridized carbons (Fsp3) is 1.00. The molecule has 1 saturated carbocycles. The summed E-state index contributed by atoms with van der Waals surface area (Å²) in [6, 6.07) is 0.183. The monoisotopic (exact) mass is 262 g/mol. The zero-order valence-corrected chi connectivity index (χ0v) is 11.9. The Kier molecular flexibility index (Phi) is 5.89. The standard InChI is InChI=1S/C12H26N2O2S/c1-3-12(10-13)17(15,16)14(2)11-8-6-4-5-7-9-11/h11-12H,3-10,13H2,1-2H3. The highest BCUT2D eigenvalue weighted by atomic mass is 32.2. The maximum atomic E-state index is 12.4. The lowest BCUT2D eigenvalue weighted by molar-refractivity contribution is 0.331. The minimum atomic E-state index is -3.21. The molecule has 1 rings (SSSR count). The molecule has 0 spiro atoms. The van der Waals surface area contributed by atoms with Crippen LogP contribution in [0.3, 0.4) is 0 Å². The molecule has 0 heterocycles. The minimum Gasteiger partial charge on any atom is -0.329 e. The second kappa shape index (κ2) is 6.71. The van der Waals surface area contributed by atoms with E-state index in [1.54, 1.807) is 11.4 Å². The summed E-state index contributed by atoms with van der Waals surface area (Å²) < 4.78 is 26.3. The smallest absolute Gasteiger partial charge is 0.218 e. The summed E-state index contributed by atoms with van der Waals surface area (Å²) in [5, 5.41) is -0.421. The van der Waals surface area contributed by atoms with Crippen molar-refractivity contribution in [3.63, 3.8) is 0 Å². The average Bonchev–Trinajstić information content (AvgIpc) is 2.57. The second-order valence-corrected chi connectivity index (χ2v) is 7.25. The van der Waals surface area contributed by atoms with Gasteiger partial charge in [-0.3, -0.25) is 0 Å². The van der Waals surface area contributed by atoms with Gasteiger partial charge in [-0.2, -0.15) is 0 Å². The van der Waals surface area contributed by atoms with Crippen molar-refractivity contribution in [1.82, 2.24) is 4.31 Å². The number of sulfonamides is 1. The normalized spacial score (nSPS) is 21.4. The van der Waals surface area contributed by atoms with Crippen molar-refractivity contribution in [2.24, 2.45) is 5.73 Å². The summed E-state index contributed by atoms with van der Waals surface area (Å²) >= 11 is 0. The maximum Gasteiger partial charge on any atom is 0.218 e. The van der Waals surface area contributed by atoms with E-state index in [1.807, 2.05) is 6.92 Å². The molecule has 0 aromatic heterocycles. The summed E-state index contributed by atoms with van der Waals surface area (Å²) in [5.41, 5.74) is 5.56. The molecule has 0 radical (unpaired) electrons. The van der Waals surface area contributed by atoms with Crippen molar-refractivity contribution in [3.05, 3.63) is 0 Å². The number of hydrogen-bond donors (Lipinski definition) is 1. The lowest BCUT2D eigenvalue weighted by atomic mass is 10.1. The molecule has 1 aliphatic rings. The first-order valence-electron chi connectivity index (χ1n) is 6.71. The van der Waals surface area contributed by atoms with E-state index in [0.29, 0.717) is 6.42 Å². The Bertz CT molecular complexity index is 304. The molecule has 17 heavy (non-hydrogen) atoms. The van der Waals surface area contributed by atoms with Gasteiger partial charge in [0.25, 0.3) is 0 Å². The molecular formula is C12H26N2O2S. The van der Waals surface area contributed by atoms with Gasteiger partial charge in [-0.25, -0.2) is 12.7 Å². The zero-order chi connectivity index (χ0) is 12.9. The molecule has 1 aliphatic carbocycles. The van der Waals surface area contributed by atoms with E-state index in [-0.39, 0.29) is 12.6 Å². The van der Waals surface area contributed by atoms with Gasteiger partial charge in [0.2, 0.25) is 10.0 Å². The molecule has 0 aliphatic heterocycles. The Morgan fingerprint density at radius 1 is 1.24 bits per heavy atom. The van der Waals surface area contributed by atoms with Crippen molar-refractivity contribution in [1.29, 1.82) is 0 Å². The molecule has 1 unspecified atom stereocenters. The van der Waals surface area contributed by atoms with E-state index in [1.165, 1.54) is 12.8 Å². The molecule has 4 nitrogen and oxygen atoms in total. The molecule has 1 fully saturated rings. The van der Waals surface area contributed by atoms with Crippen LogP contribution in [0.2, 0.25) is 0 Å². The van der Waals surface area contributed by atoms with Gasteiger partial charge in [-0.05, 0) is 19.3 Å². The third kappa shape index (κ3) is 3.66. The van der Waals surface area contributed by atoms with Gasteiger partial charge in [0.05, 0.1) is 5.25 Å². The molecule has 0 saturated heterocycles. The lowest BCUT2D eigenvalue weighted by Crippen LogP contribution is -2.44. The molecule has 2 N–H and O–H groups in total. The van der Waals surface area contributed by atoms with Crippen molar-refractivity contribution in [2.75, 3.05) is 13.6 Å². The Morgan fingerprint density at radius 2 is 1.76 bits per heavy atom. The predicted octanol–water partition coefficient (Wildman–Crippen LogP) is 1.71. The van der Waals surface area contributed by atoms with E-state index >= 15 is 0 Å². The Balaban J connectivity index is 2.75. The number of rotatable bonds is 5. The summed E-state index contributed by atoms with van der Waals surface area (Å²) in [6.45, 7) is 2.10. The van der Waals surface area contributed by atoms with Crippen molar-refractivity contribution < 1.29 is 8.42 Å². The quantitative estimate of drug-likeness (QED) is 0.767. The highest BCUT2D eigenvalue weighted by Gasteiger charge is 2.32. The number of nitrogens with zero attached hydrogens (tertiary/aromatic N) is 1. The van der Waals surface area contributed by atoms with Gasteiger partial charge in [-0.1, -0.05) is 32.6 Å². The van der Waals surface area contributed by atoms with Gasteiger partial charge < -0.3 is 5.73 Å². The second-order valence-electron chi connectivity index (χ2n) is 4.97. The predicted molar refractivity (Wildman–Crippen MR) is 71.3 cm³/mol. The first kappa shape index (κ1) is 14.9. The van der Waals surface area contributed by atoms with Crippen LogP contribution in [0.15, 0.2) is 0 Å². The third-order valence-corrected chi connectivity index (χ3v) is 6.35. The first-order chi connectivity index (χ1) is 8.04. The van der Waals surface area contributed by atoms with E-state index in [4.69, 9.17) is 5.73 Å². The first-order valence-corrected chi connectivity index (χ1v) is 8.21. The van der Waals surface area contributed by atoms with Crippen LogP contribution in [-0.4, -0.2) is 37.6 Å². The lowest BCUT2D eigenvalue weighted by Gasteiger charge is -2.29. The highest BCUT2D eigenvalue weighted by molar-refractivity contribution is 7.89. The van der Waals surface area contributed by atoms with Crippen LogP contribution in [0.5, 0.6) is 0 Å². The summed E-state index contributed by atoms with van der Waals surface area (Å²) in [4.78, 5) is 0. The average molecular weight is 262 g/mol. The molecule has 0 bridgehead atoms. The van der Waals surface area contributed by atoms with Crippen molar-refractivity contribution >= 4 is 10.0 Å². The summed E-state index contributed by atoms with van der Waals surface area (Å²) in [6.07, 6.45) is 7.34. The summed E-state index contributed by atoms with van der Waals surface area (Å²) in [5.74, 6) is 0. The summed E-state index contributed by atoms with van der Waals surface area (Å²) in [7, 11) is -1.48. The van der Waals surface area contributed by atoms with Crippen LogP contribution in [0.1, 0.15) is 51.9 Å². The SMILES string of the molecule is CCC(CN)S(=O)(=O)N(C)C1CCCCCC1. The molecule has 1 atom stereocenters. The van der Waals surface area contributed by atoms with Crippen LogP contribution >= 0.6 is 0 Å². The fourth-order valence-electron chi connectivity index (χ4n) is 2.56. The zero-order valence-electron chi connectivity index (χ0n) is 11.1. The van der Waals surface area contributed by atoms with E-state index in [0.717, 1.165) is 25.7 Å². The van der Waals surface area contributed by atoms with E-state index in [9.17, 15) is 8.42 Å². The largest absolute Gasteiger partial charge is 0.329 e. The highest BCUT2D eigenvalue weighted by Crippen LogP contribution is 2.24. The van der Waals surface area contributed by atoms with Crippen LogP contribution in [0.25, 0.3) is 0 Å². The fourth-order valence-corrected chi connectivity index (χ4v) is 4.32. The van der Waals surface area contributed by atoms with E-state index in [2.05, 4.69) is 0 Å². The van der Waals surface area contributed by atoms with Gasteiger partial charge >= 0.3 is 0 Å². The molecule has 0 amide bonds. The van der Waals surface area contributed by atoms with Crippen molar-refractivity contribution in [3.8, 4) is 0 Å². The van der Waals surface area contributed by atoms with Gasteiger partial charge in [0, 0.05) is 19.6 Å². The number of nitrogens with two attached hydrogens (primary N) is 1. The van der Waals surface area contributed by atoms with Gasteiger partial charge in [0.1, 0.15) is 0 Å². The third-order valence-electron chi connectivity index (χ3n) is 3.88. The molecule has 102 valence electrons. The Morgan fingerprint density at radius 3 is 2.18 bits per heavy atom. The molecule has 5 heteroatoms. The number of hydrogen-bond acceptors (Lipinski definition) is 3. The molecule has 0 aromatic carbocycles. The minimum absolute atomic E-state index is 0.183. The Labute approximate surface area is 106 Å². The van der Waals surface area contributed by atoms with Crippen LogP contribution in [0.4, 0.5) is 0 Å². The van der Waals surface area contributed by atoms with Crippen LogP contribution in [0, 0.1) is 0 Å². The topological polar surface area (TPSA) is 63.4 Å². The van der Waals surface area contributed by atoms with E-state index < -0.39 is 15.3 Å². The molecule has 0 aromatic rings. The van der Waals surface area contributed by atoms with Gasteiger partial charge in [0.15, 0.2) is 0 Å². The maximum absolute atomic E-state index is 12.4. The van der Waals surface area contributed by atoms with Gasteiger partial charge in [-0.15, -0.1) is 0 Å². The van der Waals surface area contributed by atoms with Crippen molar-refractivity contribution in [2.45, 2.75) is 63.2 Å². The van der Waals surface area contributed by atoms with Crippen LogP contribution in [-0.2, 0) is 10.0 Å².